The summed E-state index contributed by atoms with van der Waals surface area (Å²) in [6.07, 6.45) is 19.8. The summed E-state index contributed by atoms with van der Waals surface area (Å²) >= 11 is 0. The van der Waals surface area contributed by atoms with E-state index in [0.717, 1.165) is 12.2 Å². The van der Waals surface area contributed by atoms with E-state index in [-0.39, 0.29) is 0 Å². The molecule has 0 saturated carbocycles. The van der Waals surface area contributed by atoms with E-state index in [1.807, 2.05) is 12.1 Å². The van der Waals surface area contributed by atoms with Crippen molar-refractivity contribution in [2.45, 2.75) is 96.8 Å². The number of anilines is 2. The van der Waals surface area contributed by atoms with Gasteiger partial charge in [0.05, 0.1) is 0 Å². The molecule has 0 heterocycles. The number of hydrogen-bond acceptors (Lipinski definition) is 2. The molecule has 1 aromatic carbocycles. The van der Waals surface area contributed by atoms with E-state index in [4.69, 9.17) is 5.73 Å². The molecule has 0 unspecified atom stereocenters. The van der Waals surface area contributed by atoms with Crippen molar-refractivity contribution in [3.63, 3.8) is 0 Å². The predicted octanol–water partition coefficient (Wildman–Crippen LogP) is 7.16. The normalized spacial score (nSPS) is 10.9. The number of rotatable bonds is 16. The highest BCUT2D eigenvalue weighted by Gasteiger charge is 1.95. The first-order valence-electron chi connectivity index (χ1n) is 10.4. The fourth-order valence-corrected chi connectivity index (χ4v) is 3.15. The zero-order chi connectivity index (χ0) is 17.3. The third kappa shape index (κ3) is 12.3. The van der Waals surface area contributed by atoms with Crippen LogP contribution in [0.25, 0.3) is 0 Å². The van der Waals surface area contributed by atoms with Crippen molar-refractivity contribution in [3.05, 3.63) is 24.3 Å². The Morgan fingerprint density at radius 3 is 1.50 bits per heavy atom. The lowest BCUT2D eigenvalue weighted by molar-refractivity contribution is 0.537. The van der Waals surface area contributed by atoms with Gasteiger partial charge in [0.25, 0.3) is 0 Å². The Labute approximate surface area is 150 Å². The van der Waals surface area contributed by atoms with Crippen LogP contribution in [0.5, 0.6) is 0 Å². The van der Waals surface area contributed by atoms with Crippen molar-refractivity contribution in [2.75, 3.05) is 17.6 Å². The van der Waals surface area contributed by atoms with E-state index >= 15 is 0 Å². The van der Waals surface area contributed by atoms with E-state index in [2.05, 4.69) is 24.4 Å². The Bertz CT molecular complexity index is 372. The molecular weight excluding hydrogens is 292 g/mol. The standard InChI is InChI=1S/C22H40N2/c1-2-3-4-5-6-7-8-9-10-11-12-13-14-15-20-24-22-18-16-21(23)17-19-22/h16-19,24H,2-15,20,23H2,1H3. The fraction of sp³-hybridized carbons (Fsp3) is 0.727. The van der Waals surface area contributed by atoms with Crippen molar-refractivity contribution in [1.29, 1.82) is 0 Å². The minimum Gasteiger partial charge on any atom is -0.399 e. The number of nitrogen functional groups attached to an aromatic ring is 1. The van der Waals surface area contributed by atoms with Crippen molar-refractivity contribution < 1.29 is 0 Å². The highest BCUT2D eigenvalue weighted by atomic mass is 14.9. The lowest BCUT2D eigenvalue weighted by atomic mass is 10.0. The maximum Gasteiger partial charge on any atom is 0.0341 e. The van der Waals surface area contributed by atoms with Gasteiger partial charge in [-0.05, 0) is 30.7 Å². The number of unbranched alkanes of at least 4 members (excludes halogenated alkanes) is 13. The molecule has 3 N–H and O–H groups in total. The summed E-state index contributed by atoms with van der Waals surface area (Å²) < 4.78 is 0. The van der Waals surface area contributed by atoms with Gasteiger partial charge < -0.3 is 11.1 Å². The predicted molar refractivity (Wildman–Crippen MR) is 110 cm³/mol. The van der Waals surface area contributed by atoms with Crippen LogP contribution in [0.2, 0.25) is 0 Å². The summed E-state index contributed by atoms with van der Waals surface area (Å²) in [6, 6.07) is 8.01. The number of nitrogens with two attached hydrogens (primary N) is 1. The average Bonchev–Trinajstić information content (AvgIpc) is 2.60. The Hall–Kier alpha value is -1.18. The van der Waals surface area contributed by atoms with Crippen molar-refractivity contribution in [2.24, 2.45) is 0 Å². The second kappa shape index (κ2) is 15.4. The van der Waals surface area contributed by atoms with Crippen LogP contribution in [0.15, 0.2) is 24.3 Å². The molecule has 0 aliphatic carbocycles. The van der Waals surface area contributed by atoms with Crippen LogP contribution in [0.3, 0.4) is 0 Å². The fourth-order valence-electron chi connectivity index (χ4n) is 3.15. The molecule has 2 nitrogen and oxygen atoms in total. The molecule has 0 aliphatic rings. The Morgan fingerprint density at radius 2 is 1.04 bits per heavy atom. The number of hydrogen-bond donors (Lipinski definition) is 2. The maximum atomic E-state index is 5.68. The maximum absolute atomic E-state index is 5.68. The molecule has 0 aliphatic heterocycles. The molecule has 0 radical (unpaired) electrons. The van der Waals surface area contributed by atoms with Gasteiger partial charge in [0.15, 0.2) is 0 Å². The van der Waals surface area contributed by atoms with Gasteiger partial charge in [-0.15, -0.1) is 0 Å². The lowest BCUT2D eigenvalue weighted by Gasteiger charge is -2.06. The van der Waals surface area contributed by atoms with Crippen LogP contribution in [0.4, 0.5) is 11.4 Å². The van der Waals surface area contributed by atoms with Gasteiger partial charge in [-0.3, -0.25) is 0 Å². The summed E-state index contributed by atoms with van der Waals surface area (Å²) in [5.74, 6) is 0. The molecule has 138 valence electrons. The van der Waals surface area contributed by atoms with Crippen LogP contribution < -0.4 is 11.1 Å². The van der Waals surface area contributed by atoms with E-state index in [9.17, 15) is 0 Å². The van der Waals surface area contributed by atoms with Crippen LogP contribution in [0, 0.1) is 0 Å². The molecule has 1 aromatic rings. The first kappa shape index (κ1) is 20.9. The lowest BCUT2D eigenvalue weighted by Crippen LogP contribution is -2.01. The molecule has 0 fully saturated rings. The second-order valence-corrected chi connectivity index (χ2v) is 7.14. The molecule has 0 amide bonds. The molecule has 24 heavy (non-hydrogen) atoms. The van der Waals surface area contributed by atoms with Crippen LogP contribution >= 0.6 is 0 Å². The van der Waals surface area contributed by atoms with Crippen LogP contribution in [-0.2, 0) is 0 Å². The first-order chi connectivity index (χ1) is 11.8. The highest BCUT2D eigenvalue weighted by Crippen LogP contribution is 2.14. The Kier molecular flexibility index (Phi) is 13.3. The van der Waals surface area contributed by atoms with Crippen molar-refractivity contribution >= 4 is 11.4 Å². The van der Waals surface area contributed by atoms with Gasteiger partial charge in [0.1, 0.15) is 0 Å². The SMILES string of the molecule is CCCCCCCCCCCCCCCCNc1ccc(N)cc1. The molecule has 0 atom stereocenters. The summed E-state index contributed by atoms with van der Waals surface area (Å²) in [7, 11) is 0. The molecule has 0 saturated heterocycles. The first-order valence-corrected chi connectivity index (χ1v) is 10.4. The smallest absolute Gasteiger partial charge is 0.0341 e. The molecule has 0 aromatic heterocycles. The molecule has 2 heteroatoms. The monoisotopic (exact) mass is 332 g/mol. The van der Waals surface area contributed by atoms with E-state index in [1.54, 1.807) is 0 Å². The Morgan fingerprint density at radius 1 is 0.625 bits per heavy atom. The van der Waals surface area contributed by atoms with Crippen LogP contribution in [-0.4, -0.2) is 6.54 Å². The third-order valence-electron chi connectivity index (χ3n) is 4.77. The van der Waals surface area contributed by atoms with Crippen molar-refractivity contribution in [1.82, 2.24) is 0 Å². The van der Waals surface area contributed by atoms with Gasteiger partial charge in [-0.1, -0.05) is 90.4 Å². The summed E-state index contributed by atoms with van der Waals surface area (Å²) in [5.41, 5.74) is 7.69. The largest absolute Gasteiger partial charge is 0.399 e. The summed E-state index contributed by atoms with van der Waals surface area (Å²) in [6.45, 7) is 3.36. The Balaban J connectivity index is 1.75. The highest BCUT2D eigenvalue weighted by molar-refractivity contribution is 5.51. The number of benzene rings is 1. The van der Waals surface area contributed by atoms with Gasteiger partial charge in [0.2, 0.25) is 0 Å². The second-order valence-electron chi connectivity index (χ2n) is 7.14. The van der Waals surface area contributed by atoms with Crippen LogP contribution in [0.1, 0.15) is 96.8 Å². The molecule has 1 rings (SSSR count). The molecular formula is C22H40N2. The van der Waals surface area contributed by atoms with E-state index in [1.165, 1.54) is 95.6 Å². The van der Waals surface area contributed by atoms with E-state index < -0.39 is 0 Å². The van der Waals surface area contributed by atoms with Gasteiger partial charge in [0, 0.05) is 17.9 Å². The summed E-state index contributed by atoms with van der Waals surface area (Å²) in [5, 5.41) is 3.46. The molecule has 0 bridgehead atoms. The van der Waals surface area contributed by atoms with Crippen molar-refractivity contribution in [3.8, 4) is 0 Å². The topological polar surface area (TPSA) is 38.0 Å². The van der Waals surface area contributed by atoms with Gasteiger partial charge >= 0.3 is 0 Å². The third-order valence-corrected chi connectivity index (χ3v) is 4.77. The van der Waals surface area contributed by atoms with Gasteiger partial charge in [-0.2, -0.15) is 0 Å². The number of nitrogens with one attached hydrogen (secondary N) is 1. The zero-order valence-corrected chi connectivity index (χ0v) is 16.0. The van der Waals surface area contributed by atoms with Gasteiger partial charge in [-0.25, -0.2) is 0 Å². The average molecular weight is 333 g/mol. The quantitative estimate of drug-likeness (QED) is 0.249. The zero-order valence-electron chi connectivity index (χ0n) is 16.0. The minimum atomic E-state index is 0.831. The van der Waals surface area contributed by atoms with E-state index in [0.29, 0.717) is 0 Å². The summed E-state index contributed by atoms with van der Waals surface area (Å²) in [4.78, 5) is 0. The molecule has 0 spiro atoms. The minimum absolute atomic E-state index is 0.831.